The Balaban J connectivity index is 4.22. The molecule has 0 aliphatic heterocycles. The molecule has 0 aliphatic rings. The molecule has 0 fully saturated rings. The minimum atomic E-state index is -0.748. The van der Waals surface area contributed by atoms with Crippen LogP contribution in [0.1, 0.15) is 13.8 Å². The number of quaternary nitrogens is 1. The number of hydrogen-bond donors (Lipinski definition) is 1. The van der Waals surface area contributed by atoms with E-state index >= 15 is 0 Å². The second kappa shape index (κ2) is 5.20. The van der Waals surface area contributed by atoms with Gasteiger partial charge in [-0.05, 0) is 13.8 Å². The Bertz CT molecular complexity index is 139. The van der Waals surface area contributed by atoms with Crippen LogP contribution in [0.3, 0.4) is 0 Å². The summed E-state index contributed by atoms with van der Waals surface area (Å²) < 4.78 is 11.7. The summed E-state index contributed by atoms with van der Waals surface area (Å²) >= 11 is 4.41. The van der Waals surface area contributed by atoms with Crippen LogP contribution in [0.25, 0.3) is 0 Å². The van der Waals surface area contributed by atoms with Crippen LogP contribution in [0.4, 0.5) is 0 Å². The maximum atomic E-state index is 5.47. The van der Waals surface area contributed by atoms with Crippen molar-refractivity contribution in [3.8, 4) is 0 Å². The lowest BCUT2D eigenvalue weighted by atomic mass is 10.5. The molecule has 0 saturated heterocycles. The minimum Gasteiger partial charge on any atom is -0.337 e. The first-order chi connectivity index (χ1) is 5.83. The van der Waals surface area contributed by atoms with Gasteiger partial charge in [0.25, 0.3) is 5.12 Å². The summed E-state index contributed by atoms with van der Waals surface area (Å²) in [4.78, 5) is 0. The van der Waals surface area contributed by atoms with E-state index in [4.69, 9.17) is 9.47 Å². The molecule has 0 rings (SSSR count). The van der Waals surface area contributed by atoms with Gasteiger partial charge in [-0.2, -0.15) is 0 Å². The summed E-state index contributed by atoms with van der Waals surface area (Å²) in [7, 11) is 6.26. The first-order valence-electron chi connectivity index (χ1n) is 4.63. The fraction of sp³-hybridized carbons (Fsp3) is 1.00. The molecule has 0 aromatic carbocycles. The molecule has 0 amide bonds. The normalized spacial score (nSPS) is 13.4. The summed E-state index contributed by atoms with van der Waals surface area (Å²) in [5.41, 5.74) is 0. The third-order valence-electron chi connectivity index (χ3n) is 1.41. The summed E-state index contributed by atoms with van der Waals surface area (Å²) in [5.74, 6) is 0. The van der Waals surface area contributed by atoms with E-state index in [1.807, 2.05) is 13.8 Å². The topological polar surface area (TPSA) is 18.5 Å². The van der Waals surface area contributed by atoms with Gasteiger partial charge in [-0.1, -0.05) is 0 Å². The van der Waals surface area contributed by atoms with Crippen molar-refractivity contribution in [1.29, 1.82) is 0 Å². The summed E-state index contributed by atoms with van der Waals surface area (Å²) in [6, 6.07) is 0. The molecule has 0 aliphatic carbocycles. The molecular weight excluding hydrogens is 186 g/mol. The number of likely N-dealkylation sites (N-methyl/N-ethyl adjacent to an activating group) is 1. The molecule has 0 unspecified atom stereocenters. The average molecular weight is 208 g/mol. The van der Waals surface area contributed by atoms with Crippen molar-refractivity contribution in [3.63, 3.8) is 0 Å². The van der Waals surface area contributed by atoms with E-state index < -0.39 is 5.12 Å². The van der Waals surface area contributed by atoms with Crippen LogP contribution in [-0.2, 0) is 9.47 Å². The Morgan fingerprint density at radius 1 is 1.08 bits per heavy atom. The fourth-order valence-corrected chi connectivity index (χ4v) is 1.87. The first-order valence-corrected chi connectivity index (χ1v) is 5.08. The molecule has 0 atom stereocenters. The molecule has 0 spiro atoms. The van der Waals surface area contributed by atoms with Crippen LogP contribution in [-0.4, -0.2) is 50.5 Å². The third-order valence-corrected chi connectivity index (χ3v) is 1.81. The second-order valence-corrected chi connectivity index (χ2v) is 4.71. The molecule has 13 heavy (non-hydrogen) atoms. The van der Waals surface area contributed by atoms with Crippen molar-refractivity contribution in [2.75, 3.05) is 40.9 Å². The number of rotatable bonds is 6. The highest BCUT2D eigenvalue weighted by Crippen LogP contribution is 2.21. The van der Waals surface area contributed by atoms with E-state index in [1.165, 1.54) is 0 Å². The molecule has 0 aromatic heterocycles. The molecule has 4 heteroatoms. The lowest BCUT2D eigenvalue weighted by Gasteiger charge is -2.34. The lowest BCUT2D eigenvalue weighted by Crippen LogP contribution is -2.49. The van der Waals surface area contributed by atoms with E-state index in [0.29, 0.717) is 13.2 Å². The SMILES string of the molecule is CCOC(S)(C[N+](C)(C)C)OCC. The second-order valence-electron chi connectivity index (χ2n) is 4.03. The van der Waals surface area contributed by atoms with Crippen molar-refractivity contribution in [2.45, 2.75) is 19.0 Å². The van der Waals surface area contributed by atoms with Crippen molar-refractivity contribution in [1.82, 2.24) is 0 Å². The number of thiol groups is 1. The van der Waals surface area contributed by atoms with Gasteiger partial charge in [0.2, 0.25) is 0 Å². The summed E-state index contributed by atoms with van der Waals surface area (Å²) in [6.45, 7) is 5.84. The molecule has 0 bridgehead atoms. The maximum Gasteiger partial charge on any atom is 0.266 e. The van der Waals surface area contributed by atoms with Gasteiger partial charge in [0.05, 0.1) is 21.1 Å². The zero-order valence-electron chi connectivity index (χ0n) is 9.33. The zero-order valence-corrected chi connectivity index (χ0v) is 10.2. The zero-order chi connectivity index (χ0) is 10.5. The molecular formula is C9H22NO2S+. The van der Waals surface area contributed by atoms with Crippen LogP contribution in [0.2, 0.25) is 0 Å². The molecule has 0 heterocycles. The lowest BCUT2D eigenvalue weighted by molar-refractivity contribution is -0.878. The van der Waals surface area contributed by atoms with Crippen LogP contribution in [0.15, 0.2) is 0 Å². The Labute approximate surface area is 87.0 Å². The van der Waals surface area contributed by atoms with Gasteiger partial charge < -0.3 is 14.0 Å². The third kappa shape index (κ3) is 6.32. The van der Waals surface area contributed by atoms with Gasteiger partial charge in [-0.15, -0.1) is 12.6 Å². The highest BCUT2D eigenvalue weighted by atomic mass is 32.1. The highest BCUT2D eigenvalue weighted by molar-refractivity contribution is 7.81. The highest BCUT2D eigenvalue weighted by Gasteiger charge is 2.33. The van der Waals surface area contributed by atoms with Gasteiger partial charge in [0.15, 0.2) is 0 Å². The van der Waals surface area contributed by atoms with Crippen LogP contribution < -0.4 is 0 Å². The molecule has 0 saturated carbocycles. The summed E-state index contributed by atoms with van der Waals surface area (Å²) in [6.07, 6.45) is 0. The van der Waals surface area contributed by atoms with Gasteiger partial charge in [-0.25, -0.2) is 0 Å². The van der Waals surface area contributed by atoms with Crippen molar-refractivity contribution in [3.05, 3.63) is 0 Å². The van der Waals surface area contributed by atoms with Gasteiger partial charge >= 0.3 is 0 Å². The first kappa shape index (κ1) is 13.2. The Morgan fingerprint density at radius 3 is 1.69 bits per heavy atom. The largest absolute Gasteiger partial charge is 0.337 e. The van der Waals surface area contributed by atoms with Gasteiger partial charge in [-0.3, -0.25) is 0 Å². The smallest absolute Gasteiger partial charge is 0.266 e. The van der Waals surface area contributed by atoms with Crippen LogP contribution >= 0.6 is 12.6 Å². The van der Waals surface area contributed by atoms with Crippen LogP contribution in [0.5, 0.6) is 0 Å². The van der Waals surface area contributed by atoms with Crippen molar-refractivity contribution in [2.24, 2.45) is 0 Å². The molecule has 0 aromatic rings. The fourth-order valence-electron chi connectivity index (χ4n) is 1.18. The standard InChI is InChI=1S/C9H21NO2S/c1-6-11-9(13,12-7-2)8-10(3,4)5/h6-8H2,1-5H3/p+1. The number of ether oxygens (including phenoxy) is 2. The quantitative estimate of drug-likeness (QED) is 0.403. The average Bonchev–Trinajstić information content (AvgIpc) is 1.82. The molecule has 3 nitrogen and oxygen atoms in total. The predicted octanol–water partition coefficient (Wildman–Crippen LogP) is 1.35. The van der Waals surface area contributed by atoms with Crippen molar-refractivity contribution < 1.29 is 14.0 Å². The monoisotopic (exact) mass is 208 g/mol. The van der Waals surface area contributed by atoms with E-state index in [9.17, 15) is 0 Å². The van der Waals surface area contributed by atoms with E-state index in [-0.39, 0.29) is 0 Å². The van der Waals surface area contributed by atoms with Gasteiger partial charge in [0, 0.05) is 13.2 Å². The maximum absolute atomic E-state index is 5.47. The molecule has 0 radical (unpaired) electrons. The Hall–Kier alpha value is 0.230. The van der Waals surface area contributed by atoms with Crippen LogP contribution in [0, 0.1) is 0 Å². The van der Waals surface area contributed by atoms with Crippen molar-refractivity contribution >= 4 is 12.6 Å². The van der Waals surface area contributed by atoms with E-state index in [2.05, 4.69) is 33.8 Å². The Kier molecular flexibility index (Phi) is 5.29. The van der Waals surface area contributed by atoms with E-state index in [1.54, 1.807) is 0 Å². The molecule has 0 N–H and O–H groups in total. The number of nitrogens with zero attached hydrogens (tertiary/aromatic N) is 1. The Morgan fingerprint density at radius 2 is 1.46 bits per heavy atom. The summed E-state index contributed by atoms with van der Waals surface area (Å²) in [5, 5.41) is -0.748. The number of hydrogen-bond acceptors (Lipinski definition) is 3. The molecule has 80 valence electrons. The van der Waals surface area contributed by atoms with E-state index in [0.717, 1.165) is 11.0 Å². The van der Waals surface area contributed by atoms with Gasteiger partial charge in [0.1, 0.15) is 6.54 Å². The predicted molar refractivity (Wildman–Crippen MR) is 57.9 cm³/mol. The minimum absolute atomic E-state index is 0.615.